The summed E-state index contributed by atoms with van der Waals surface area (Å²) in [6.07, 6.45) is 20.8. The maximum atomic E-state index is 11.4. The molecule has 0 fully saturated rings. The molecule has 0 aliphatic carbocycles. The quantitative estimate of drug-likeness (QED) is 0.146. The van der Waals surface area contributed by atoms with E-state index in [9.17, 15) is 9.90 Å². The number of unbranched alkanes of at least 4 members (excludes halogenated alkanes) is 11. The maximum Gasteiger partial charge on any atom is 0.308 e. The molecule has 0 saturated heterocycles. The molecule has 0 rings (SSSR count). The molecule has 0 aromatic heterocycles. The first kappa shape index (κ1) is 23.2. The molecule has 3 nitrogen and oxygen atoms in total. The van der Waals surface area contributed by atoms with Gasteiger partial charge in [0.15, 0.2) is 6.29 Å². The SMILES string of the molecule is CCCCCCCC/C=C\CCCCCCCC(=O)OC(O)CC. The van der Waals surface area contributed by atoms with Crippen LogP contribution in [0.25, 0.3) is 0 Å². The Bertz CT molecular complexity index is 299. The molecule has 0 bridgehead atoms. The summed E-state index contributed by atoms with van der Waals surface area (Å²) >= 11 is 0. The van der Waals surface area contributed by atoms with Gasteiger partial charge in [0, 0.05) is 12.8 Å². The van der Waals surface area contributed by atoms with E-state index in [1.165, 1.54) is 70.6 Å². The van der Waals surface area contributed by atoms with Crippen molar-refractivity contribution in [3.05, 3.63) is 12.2 Å². The smallest absolute Gasteiger partial charge is 0.308 e. The third kappa shape index (κ3) is 17.5. The van der Waals surface area contributed by atoms with Crippen LogP contribution < -0.4 is 0 Å². The molecule has 142 valence electrons. The predicted octanol–water partition coefficient (Wildman–Crippen LogP) is 6.30. The van der Waals surface area contributed by atoms with Crippen molar-refractivity contribution in [3.8, 4) is 0 Å². The van der Waals surface area contributed by atoms with E-state index in [0.717, 1.165) is 12.8 Å². The highest BCUT2D eigenvalue weighted by molar-refractivity contribution is 5.69. The van der Waals surface area contributed by atoms with Gasteiger partial charge in [-0.3, -0.25) is 4.79 Å². The first-order valence-electron chi connectivity index (χ1n) is 10.2. The molecular formula is C21H40O3. The number of hydrogen-bond donors (Lipinski definition) is 1. The summed E-state index contributed by atoms with van der Waals surface area (Å²) in [7, 11) is 0. The van der Waals surface area contributed by atoms with Crippen LogP contribution in [0.15, 0.2) is 12.2 Å². The van der Waals surface area contributed by atoms with Gasteiger partial charge in [0.05, 0.1) is 0 Å². The molecule has 0 amide bonds. The van der Waals surface area contributed by atoms with Gasteiger partial charge < -0.3 is 9.84 Å². The lowest BCUT2D eigenvalue weighted by Crippen LogP contribution is -2.16. The Balaban J connectivity index is 3.22. The summed E-state index contributed by atoms with van der Waals surface area (Å²) in [5.41, 5.74) is 0. The second-order valence-corrected chi connectivity index (χ2v) is 6.69. The van der Waals surface area contributed by atoms with E-state index < -0.39 is 6.29 Å². The molecular weight excluding hydrogens is 300 g/mol. The fraction of sp³-hybridized carbons (Fsp3) is 0.857. The van der Waals surface area contributed by atoms with Crippen LogP contribution in [-0.4, -0.2) is 17.4 Å². The Kier molecular flexibility index (Phi) is 17.9. The summed E-state index contributed by atoms with van der Waals surface area (Å²) in [6, 6.07) is 0. The van der Waals surface area contributed by atoms with Crippen LogP contribution in [-0.2, 0) is 9.53 Å². The summed E-state index contributed by atoms with van der Waals surface area (Å²) in [4.78, 5) is 11.4. The zero-order valence-electron chi connectivity index (χ0n) is 16.1. The van der Waals surface area contributed by atoms with Crippen LogP contribution in [0.3, 0.4) is 0 Å². The monoisotopic (exact) mass is 340 g/mol. The highest BCUT2D eigenvalue weighted by Gasteiger charge is 2.07. The average Bonchev–Trinajstić information content (AvgIpc) is 2.58. The minimum Gasteiger partial charge on any atom is -0.436 e. The average molecular weight is 341 g/mol. The summed E-state index contributed by atoms with van der Waals surface area (Å²) in [6.45, 7) is 4.05. The lowest BCUT2D eigenvalue weighted by atomic mass is 10.1. The van der Waals surface area contributed by atoms with Gasteiger partial charge in [-0.2, -0.15) is 0 Å². The van der Waals surface area contributed by atoms with Gasteiger partial charge in [-0.05, 0) is 32.1 Å². The van der Waals surface area contributed by atoms with Crippen LogP contribution in [0, 0.1) is 0 Å². The molecule has 0 aliphatic heterocycles. The third-order valence-electron chi connectivity index (χ3n) is 4.26. The molecule has 1 atom stereocenters. The number of hydrogen-bond acceptors (Lipinski definition) is 3. The Hall–Kier alpha value is -0.830. The second kappa shape index (κ2) is 18.5. The fourth-order valence-corrected chi connectivity index (χ4v) is 2.63. The molecule has 0 aliphatic rings. The van der Waals surface area contributed by atoms with E-state index >= 15 is 0 Å². The summed E-state index contributed by atoms with van der Waals surface area (Å²) < 4.78 is 4.83. The van der Waals surface area contributed by atoms with E-state index in [1.54, 1.807) is 6.92 Å². The van der Waals surface area contributed by atoms with Crippen molar-refractivity contribution in [2.24, 2.45) is 0 Å². The van der Waals surface area contributed by atoms with Gasteiger partial charge in [0.2, 0.25) is 0 Å². The molecule has 0 saturated carbocycles. The van der Waals surface area contributed by atoms with E-state index in [1.807, 2.05) is 0 Å². The van der Waals surface area contributed by atoms with Crippen molar-refractivity contribution < 1.29 is 14.6 Å². The standard InChI is InChI=1S/C21H40O3/c1-3-5-6-7-8-9-10-11-12-13-14-15-16-17-18-19-21(23)24-20(22)4-2/h11-12,20,22H,3-10,13-19H2,1-2H3/b12-11-. The summed E-state index contributed by atoms with van der Waals surface area (Å²) in [5.74, 6) is -0.276. The lowest BCUT2D eigenvalue weighted by Gasteiger charge is -2.09. The normalized spacial score (nSPS) is 12.6. The number of carbonyl (C=O) groups is 1. The van der Waals surface area contributed by atoms with Crippen molar-refractivity contribution in [1.82, 2.24) is 0 Å². The molecule has 1 unspecified atom stereocenters. The number of esters is 1. The number of aliphatic hydroxyl groups excluding tert-OH is 1. The van der Waals surface area contributed by atoms with E-state index in [4.69, 9.17) is 4.74 Å². The maximum absolute atomic E-state index is 11.4. The number of rotatable bonds is 17. The molecule has 1 N–H and O–H groups in total. The predicted molar refractivity (Wildman–Crippen MR) is 102 cm³/mol. The van der Waals surface area contributed by atoms with Gasteiger partial charge in [-0.25, -0.2) is 0 Å². The zero-order chi connectivity index (χ0) is 17.9. The van der Waals surface area contributed by atoms with Crippen molar-refractivity contribution in [2.45, 2.75) is 116 Å². The van der Waals surface area contributed by atoms with Gasteiger partial charge >= 0.3 is 5.97 Å². The van der Waals surface area contributed by atoms with Crippen molar-refractivity contribution in [1.29, 1.82) is 0 Å². The van der Waals surface area contributed by atoms with Crippen molar-refractivity contribution in [2.75, 3.05) is 0 Å². The van der Waals surface area contributed by atoms with Crippen LogP contribution >= 0.6 is 0 Å². The van der Waals surface area contributed by atoms with Crippen molar-refractivity contribution >= 4 is 5.97 Å². The molecule has 3 heteroatoms. The minimum absolute atomic E-state index is 0.276. The fourth-order valence-electron chi connectivity index (χ4n) is 2.63. The number of allylic oxidation sites excluding steroid dienone is 2. The topological polar surface area (TPSA) is 46.5 Å². The van der Waals surface area contributed by atoms with Gasteiger partial charge in [0.25, 0.3) is 0 Å². The molecule has 24 heavy (non-hydrogen) atoms. The number of ether oxygens (including phenoxy) is 1. The van der Waals surface area contributed by atoms with Crippen LogP contribution in [0.2, 0.25) is 0 Å². The number of carbonyl (C=O) groups excluding carboxylic acids is 1. The zero-order valence-corrected chi connectivity index (χ0v) is 16.1. The molecule has 0 heterocycles. The van der Waals surface area contributed by atoms with Crippen LogP contribution in [0.4, 0.5) is 0 Å². The highest BCUT2D eigenvalue weighted by Crippen LogP contribution is 2.10. The van der Waals surface area contributed by atoms with Crippen molar-refractivity contribution in [3.63, 3.8) is 0 Å². The molecule has 0 aromatic rings. The third-order valence-corrected chi connectivity index (χ3v) is 4.26. The first-order chi connectivity index (χ1) is 11.7. The van der Waals surface area contributed by atoms with Gasteiger partial charge in [0.1, 0.15) is 0 Å². The van der Waals surface area contributed by atoms with E-state index in [0.29, 0.717) is 12.8 Å². The molecule has 0 aromatic carbocycles. The Morgan fingerprint density at radius 3 is 1.88 bits per heavy atom. The second-order valence-electron chi connectivity index (χ2n) is 6.69. The van der Waals surface area contributed by atoms with E-state index in [-0.39, 0.29) is 5.97 Å². The first-order valence-corrected chi connectivity index (χ1v) is 10.2. The highest BCUT2D eigenvalue weighted by atomic mass is 16.6. The minimum atomic E-state index is -0.930. The van der Waals surface area contributed by atoms with Gasteiger partial charge in [-0.15, -0.1) is 0 Å². The summed E-state index contributed by atoms with van der Waals surface area (Å²) in [5, 5.41) is 9.20. The Labute approximate surface area is 149 Å². The Morgan fingerprint density at radius 1 is 0.833 bits per heavy atom. The molecule has 0 spiro atoms. The largest absolute Gasteiger partial charge is 0.436 e. The molecule has 0 radical (unpaired) electrons. The van der Waals surface area contributed by atoms with E-state index in [2.05, 4.69) is 19.1 Å². The van der Waals surface area contributed by atoms with Gasteiger partial charge in [-0.1, -0.05) is 77.4 Å². The lowest BCUT2D eigenvalue weighted by molar-refractivity contribution is -0.168. The van der Waals surface area contributed by atoms with Crippen LogP contribution in [0.5, 0.6) is 0 Å². The van der Waals surface area contributed by atoms with Crippen LogP contribution in [0.1, 0.15) is 110 Å². The Morgan fingerprint density at radius 2 is 1.33 bits per heavy atom. The number of aliphatic hydroxyl groups is 1.